The normalized spacial score (nSPS) is 10.1. The molecule has 0 heterocycles. The number of aromatic carboxylic acids is 1. The molecule has 0 unspecified atom stereocenters. The van der Waals surface area contributed by atoms with Crippen molar-refractivity contribution in [2.45, 2.75) is 13.3 Å². The predicted octanol–water partition coefficient (Wildman–Crippen LogP) is 2.16. The number of carboxylic acids is 1. The van der Waals surface area contributed by atoms with E-state index in [0.29, 0.717) is 6.54 Å². The first-order valence-electron chi connectivity index (χ1n) is 6.33. The average Bonchev–Trinajstić information content (AvgIpc) is 2.38. The number of halogens is 1. The van der Waals surface area contributed by atoms with Gasteiger partial charge in [-0.15, -0.1) is 0 Å². The summed E-state index contributed by atoms with van der Waals surface area (Å²) < 4.78 is 0. The summed E-state index contributed by atoms with van der Waals surface area (Å²) in [5.41, 5.74) is 0.0612. The second-order valence-corrected chi connectivity index (χ2v) is 4.46. The van der Waals surface area contributed by atoms with Crippen molar-refractivity contribution in [2.75, 3.05) is 25.0 Å². The molecule has 0 aliphatic heterocycles. The Morgan fingerprint density at radius 1 is 1.30 bits per heavy atom. The largest absolute Gasteiger partial charge is 0.478 e. The number of anilines is 1. The van der Waals surface area contributed by atoms with Gasteiger partial charge in [-0.2, -0.15) is 0 Å². The van der Waals surface area contributed by atoms with Crippen LogP contribution in [0.2, 0.25) is 5.02 Å². The first kappa shape index (κ1) is 16.3. The summed E-state index contributed by atoms with van der Waals surface area (Å²) in [5.74, 6) is -1.18. The molecule has 0 spiro atoms. The Morgan fingerprint density at radius 2 is 2.05 bits per heavy atom. The number of carbonyl (C=O) groups excluding carboxylic acids is 1. The fourth-order valence-corrected chi connectivity index (χ4v) is 1.86. The van der Waals surface area contributed by atoms with Crippen molar-refractivity contribution in [1.29, 1.82) is 0 Å². The second-order valence-electron chi connectivity index (χ2n) is 4.06. The molecule has 0 aliphatic rings. The summed E-state index contributed by atoms with van der Waals surface area (Å²) in [6.07, 6.45) is 0.794. The van der Waals surface area contributed by atoms with E-state index in [-0.39, 0.29) is 16.3 Å². The van der Waals surface area contributed by atoms with Gasteiger partial charge in [0.15, 0.2) is 0 Å². The summed E-state index contributed by atoms with van der Waals surface area (Å²) in [6, 6.07) is 4.08. The summed E-state index contributed by atoms with van der Waals surface area (Å²) in [5, 5.41) is 17.4. The average molecular weight is 300 g/mol. The van der Waals surface area contributed by atoms with Crippen molar-refractivity contribution in [1.82, 2.24) is 10.6 Å². The quantitative estimate of drug-likeness (QED) is 0.581. The number of urea groups is 1. The molecule has 110 valence electrons. The van der Waals surface area contributed by atoms with Crippen LogP contribution in [0.1, 0.15) is 23.7 Å². The molecule has 2 amide bonds. The molecule has 0 aliphatic carbocycles. The van der Waals surface area contributed by atoms with E-state index >= 15 is 0 Å². The van der Waals surface area contributed by atoms with Crippen molar-refractivity contribution in [3.63, 3.8) is 0 Å². The molecule has 1 aromatic carbocycles. The Labute approximate surface area is 122 Å². The molecule has 7 heteroatoms. The molecule has 4 N–H and O–H groups in total. The van der Waals surface area contributed by atoms with Crippen molar-refractivity contribution in [3.8, 4) is 0 Å². The summed E-state index contributed by atoms with van der Waals surface area (Å²) in [7, 11) is 0. The molecule has 0 aromatic heterocycles. The molecule has 0 fully saturated rings. The maximum Gasteiger partial charge on any atom is 0.339 e. The van der Waals surface area contributed by atoms with E-state index in [2.05, 4.69) is 16.0 Å². The van der Waals surface area contributed by atoms with Crippen molar-refractivity contribution >= 4 is 29.3 Å². The van der Waals surface area contributed by atoms with Gasteiger partial charge in [0.25, 0.3) is 0 Å². The van der Waals surface area contributed by atoms with E-state index in [1.54, 1.807) is 6.07 Å². The van der Waals surface area contributed by atoms with Gasteiger partial charge in [-0.25, -0.2) is 9.59 Å². The number of nitrogens with one attached hydrogen (secondary N) is 3. The van der Waals surface area contributed by atoms with E-state index in [4.69, 9.17) is 16.7 Å². The summed E-state index contributed by atoms with van der Waals surface area (Å²) in [6.45, 7) is 4.21. The van der Waals surface area contributed by atoms with E-state index in [1.807, 2.05) is 6.92 Å². The van der Waals surface area contributed by atoms with Gasteiger partial charge >= 0.3 is 12.0 Å². The van der Waals surface area contributed by atoms with E-state index < -0.39 is 12.0 Å². The van der Waals surface area contributed by atoms with Crippen molar-refractivity contribution in [3.05, 3.63) is 28.8 Å². The minimum absolute atomic E-state index is 0.0856. The Bertz CT molecular complexity index is 480. The van der Waals surface area contributed by atoms with Gasteiger partial charge in [-0.1, -0.05) is 24.6 Å². The lowest BCUT2D eigenvalue weighted by atomic mass is 10.2. The third-order valence-electron chi connectivity index (χ3n) is 2.54. The number of rotatable bonds is 7. The lowest BCUT2D eigenvalue weighted by Crippen LogP contribution is -2.31. The number of benzene rings is 1. The number of carbonyl (C=O) groups is 2. The molecule has 20 heavy (non-hydrogen) atoms. The highest BCUT2D eigenvalue weighted by Crippen LogP contribution is 2.24. The van der Waals surface area contributed by atoms with Gasteiger partial charge in [0, 0.05) is 6.54 Å². The minimum atomic E-state index is -1.18. The smallest absolute Gasteiger partial charge is 0.339 e. The highest BCUT2D eigenvalue weighted by molar-refractivity contribution is 6.34. The van der Waals surface area contributed by atoms with Crippen LogP contribution in [0.4, 0.5) is 10.5 Å². The number of hydrogen-bond donors (Lipinski definition) is 4. The van der Waals surface area contributed by atoms with Crippen LogP contribution in [-0.4, -0.2) is 36.7 Å². The van der Waals surface area contributed by atoms with Gasteiger partial charge in [0.2, 0.25) is 0 Å². The topological polar surface area (TPSA) is 90.5 Å². The maximum atomic E-state index is 11.7. The SMILES string of the molecule is CCNCCCNC(=O)Nc1cccc(Cl)c1C(=O)O. The third-order valence-corrected chi connectivity index (χ3v) is 2.86. The van der Waals surface area contributed by atoms with Crippen LogP contribution in [0.25, 0.3) is 0 Å². The first-order chi connectivity index (χ1) is 9.56. The van der Waals surface area contributed by atoms with Gasteiger partial charge in [0.1, 0.15) is 5.56 Å². The molecule has 0 saturated carbocycles. The van der Waals surface area contributed by atoms with Crippen LogP contribution in [0.5, 0.6) is 0 Å². The molecular formula is C13H18ClN3O3. The third kappa shape index (κ3) is 5.07. The molecule has 1 aromatic rings. The Hall–Kier alpha value is -1.79. The van der Waals surface area contributed by atoms with Crippen LogP contribution >= 0.6 is 11.6 Å². The van der Waals surface area contributed by atoms with Crippen LogP contribution in [0.15, 0.2) is 18.2 Å². The Morgan fingerprint density at radius 3 is 2.70 bits per heavy atom. The second kappa shape index (κ2) is 8.39. The van der Waals surface area contributed by atoms with Gasteiger partial charge in [-0.3, -0.25) is 0 Å². The summed E-state index contributed by atoms with van der Waals surface area (Å²) >= 11 is 5.81. The molecule has 0 radical (unpaired) electrons. The van der Waals surface area contributed by atoms with Crippen LogP contribution < -0.4 is 16.0 Å². The zero-order valence-corrected chi connectivity index (χ0v) is 12.0. The van der Waals surface area contributed by atoms with Crippen LogP contribution in [0, 0.1) is 0 Å². The van der Waals surface area contributed by atoms with E-state index in [0.717, 1.165) is 19.5 Å². The minimum Gasteiger partial charge on any atom is -0.478 e. The lowest BCUT2D eigenvalue weighted by molar-refractivity contribution is 0.0698. The lowest BCUT2D eigenvalue weighted by Gasteiger charge is -2.11. The molecular weight excluding hydrogens is 282 g/mol. The Balaban J connectivity index is 2.54. The maximum absolute atomic E-state index is 11.7. The zero-order chi connectivity index (χ0) is 15.0. The number of hydrogen-bond acceptors (Lipinski definition) is 3. The molecule has 1 rings (SSSR count). The zero-order valence-electron chi connectivity index (χ0n) is 11.2. The first-order valence-corrected chi connectivity index (χ1v) is 6.71. The van der Waals surface area contributed by atoms with Crippen LogP contribution in [-0.2, 0) is 0 Å². The van der Waals surface area contributed by atoms with Gasteiger partial charge in [0.05, 0.1) is 10.7 Å². The fourth-order valence-electron chi connectivity index (χ4n) is 1.60. The number of amides is 2. The van der Waals surface area contributed by atoms with Gasteiger partial charge in [-0.05, 0) is 31.6 Å². The van der Waals surface area contributed by atoms with Gasteiger partial charge < -0.3 is 21.1 Å². The monoisotopic (exact) mass is 299 g/mol. The molecule has 0 atom stereocenters. The molecule has 0 saturated heterocycles. The van der Waals surface area contributed by atoms with Crippen LogP contribution in [0.3, 0.4) is 0 Å². The van der Waals surface area contributed by atoms with Crippen molar-refractivity contribution in [2.24, 2.45) is 0 Å². The number of carboxylic acid groups (broad SMARTS) is 1. The van der Waals surface area contributed by atoms with E-state index in [9.17, 15) is 9.59 Å². The van der Waals surface area contributed by atoms with E-state index in [1.165, 1.54) is 12.1 Å². The Kier molecular flexibility index (Phi) is 6.83. The molecule has 6 nitrogen and oxygen atoms in total. The molecule has 0 bridgehead atoms. The van der Waals surface area contributed by atoms with Crippen molar-refractivity contribution < 1.29 is 14.7 Å². The summed E-state index contributed by atoms with van der Waals surface area (Å²) in [4.78, 5) is 22.7. The standard InChI is InChI=1S/C13H18ClN3O3/c1-2-15-7-4-8-16-13(20)17-10-6-3-5-9(14)11(10)12(18)19/h3,5-6,15H,2,4,7-8H2,1H3,(H,18,19)(H2,16,17,20). The fraction of sp³-hybridized carbons (Fsp3) is 0.385. The predicted molar refractivity (Wildman–Crippen MR) is 78.6 cm³/mol. The highest BCUT2D eigenvalue weighted by Gasteiger charge is 2.15. The highest BCUT2D eigenvalue weighted by atomic mass is 35.5.